The van der Waals surface area contributed by atoms with E-state index < -0.39 is 0 Å². The lowest BCUT2D eigenvalue weighted by molar-refractivity contribution is -0.135. The van der Waals surface area contributed by atoms with Gasteiger partial charge in [0.25, 0.3) is 5.56 Å². The number of carbonyl (C=O) groups is 1. The number of aryl methyl sites for hydroxylation is 2. The highest BCUT2D eigenvalue weighted by atomic mass is 16.3. The summed E-state index contributed by atoms with van der Waals surface area (Å²) in [5, 5.41) is 4.18. The molecule has 3 rings (SSSR count). The SMILES string of the molecule is CCc1ccc([C@H]2CCCCCN2C(=O)Cn2nc(C)ccc2=O)o1. The van der Waals surface area contributed by atoms with Crippen LogP contribution in [0.4, 0.5) is 0 Å². The van der Waals surface area contributed by atoms with Gasteiger partial charge in [0.2, 0.25) is 5.91 Å². The molecular weight excluding hydrogens is 318 g/mol. The van der Waals surface area contributed by atoms with Gasteiger partial charge in [0, 0.05) is 19.0 Å². The number of hydrogen-bond acceptors (Lipinski definition) is 4. The van der Waals surface area contributed by atoms with E-state index in [0.717, 1.165) is 49.3 Å². The molecule has 1 aliphatic heterocycles. The number of amides is 1. The average molecular weight is 343 g/mol. The lowest BCUT2D eigenvalue weighted by Crippen LogP contribution is -2.39. The van der Waals surface area contributed by atoms with Gasteiger partial charge in [-0.05, 0) is 38.0 Å². The predicted molar refractivity (Wildman–Crippen MR) is 94.2 cm³/mol. The quantitative estimate of drug-likeness (QED) is 0.856. The maximum Gasteiger partial charge on any atom is 0.267 e. The summed E-state index contributed by atoms with van der Waals surface area (Å²) >= 11 is 0. The molecule has 0 aliphatic carbocycles. The van der Waals surface area contributed by atoms with E-state index in [-0.39, 0.29) is 24.1 Å². The first-order valence-corrected chi connectivity index (χ1v) is 9.01. The van der Waals surface area contributed by atoms with Crippen LogP contribution in [0.15, 0.2) is 33.5 Å². The third kappa shape index (κ3) is 4.00. The van der Waals surface area contributed by atoms with Crippen LogP contribution < -0.4 is 5.56 Å². The Morgan fingerprint density at radius 1 is 1.24 bits per heavy atom. The van der Waals surface area contributed by atoms with Gasteiger partial charge in [-0.15, -0.1) is 0 Å². The van der Waals surface area contributed by atoms with E-state index in [1.54, 1.807) is 6.07 Å². The van der Waals surface area contributed by atoms with E-state index in [0.29, 0.717) is 6.54 Å². The molecule has 6 heteroatoms. The summed E-state index contributed by atoms with van der Waals surface area (Å²) in [4.78, 5) is 26.8. The molecule has 0 bridgehead atoms. The number of furan rings is 1. The Morgan fingerprint density at radius 2 is 2.08 bits per heavy atom. The highest BCUT2D eigenvalue weighted by Crippen LogP contribution is 2.31. The number of carbonyl (C=O) groups excluding carboxylic acids is 1. The molecule has 1 fully saturated rings. The minimum atomic E-state index is -0.253. The van der Waals surface area contributed by atoms with E-state index in [1.165, 1.54) is 10.7 Å². The average Bonchev–Trinajstić information content (AvgIpc) is 2.94. The highest BCUT2D eigenvalue weighted by molar-refractivity contribution is 5.76. The molecular formula is C19H25N3O3. The Balaban J connectivity index is 1.84. The van der Waals surface area contributed by atoms with E-state index in [1.807, 2.05) is 24.0 Å². The van der Waals surface area contributed by atoms with Crippen LogP contribution >= 0.6 is 0 Å². The largest absolute Gasteiger partial charge is 0.464 e. The normalized spacial score (nSPS) is 18.2. The first kappa shape index (κ1) is 17.5. The molecule has 25 heavy (non-hydrogen) atoms. The van der Waals surface area contributed by atoms with Gasteiger partial charge in [0.05, 0.1) is 11.7 Å². The zero-order valence-electron chi connectivity index (χ0n) is 14.9. The van der Waals surface area contributed by atoms with Gasteiger partial charge < -0.3 is 9.32 Å². The molecule has 0 radical (unpaired) electrons. The molecule has 2 aromatic heterocycles. The van der Waals surface area contributed by atoms with Gasteiger partial charge >= 0.3 is 0 Å². The lowest BCUT2D eigenvalue weighted by Gasteiger charge is -2.28. The number of aromatic nitrogens is 2. The van der Waals surface area contributed by atoms with Crippen molar-refractivity contribution in [2.45, 2.75) is 58.5 Å². The molecule has 0 saturated carbocycles. The Kier molecular flexibility index (Phi) is 5.36. The Labute approximate surface area is 147 Å². The molecule has 0 unspecified atom stereocenters. The minimum absolute atomic E-state index is 0.0294. The lowest BCUT2D eigenvalue weighted by atomic mass is 10.1. The molecule has 0 N–H and O–H groups in total. The van der Waals surface area contributed by atoms with Gasteiger partial charge in [0.15, 0.2) is 0 Å². The van der Waals surface area contributed by atoms with Crippen molar-refractivity contribution in [2.24, 2.45) is 0 Å². The van der Waals surface area contributed by atoms with Crippen molar-refractivity contribution >= 4 is 5.91 Å². The molecule has 134 valence electrons. The number of hydrogen-bond donors (Lipinski definition) is 0. The molecule has 1 atom stereocenters. The Bertz CT molecular complexity index is 793. The molecule has 1 amide bonds. The standard InChI is InChI=1S/C19H25N3O3/c1-3-15-9-10-17(25-15)16-7-5-4-6-12-21(16)19(24)13-22-18(23)11-8-14(2)20-22/h8-11,16H,3-7,12-13H2,1-2H3/t16-/m1/s1. The van der Waals surface area contributed by atoms with Gasteiger partial charge in [-0.25, -0.2) is 4.68 Å². The summed E-state index contributed by atoms with van der Waals surface area (Å²) in [6, 6.07) is 7.01. The van der Waals surface area contributed by atoms with Crippen LogP contribution in [0.25, 0.3) is 0 Å². The summed E-state index contributed by atoms with van der Waals surface area (Å²) in [5.74, 6) is 1.70. The predicted octanol–water partition coefficient (Wildman–Crippen LogP) is 2.85. The molecule has 1 aliphatic rings. The van der Waals surface area contributed by atoms with Crippen LogP contribution in [0.1, 0.15) is 55.9 Å². The highest BCUT2D eigenvalue weighted by Gasteiger charge is 2.29. The van der Waals surface area contributed by atoms with Gasteiger partial charge in [-0.1, -0.05) is 19.8 Å². The molecule has 6 nitrogen and oxygen atoms in total. The zero-order valence-corrected chi connectivity index (χ0v) is 14.9. The van der Waals surface area contributed by atoms with Crippen LogP contribution in [-0.2, 0) is 17.8 Å². The molecule has 0 spiro atoms. The third-order valence-corrected chi connectivity index (χ3v) is 4.72. The molecule has 3 heterocycles. The fourth-order valence-corrected chi connectivity index (χ4v) is 3.35. The molecule has 1 saturated heterocycles. The van der Waals surface area contributed by atoms with Crippen LogP contribution in [0, 0.1) is 6.92 Å². The van der Waals surface area contributed by atoms with E-state index >= 15 is 0 Å². The second kappa shape index (κ2) is 7.68. The smallest absolute Gasteiger partial charge is 0.267 e. The summed E-state index contributed by atoms with van der Waals surface area (Å²) in [6.45, 7) is 4.52. The van der Waals surface area contributed by atoms with Crippen LogP contribution in [-0.4, -0.2) is 27.1 Å². The number of likely N-dealkylation sites (tertiary alicyclic amines) is 1. The van der Waals surface area contributed by atoms with Crippen LogP contribution in [0.3, 0.4) is 0 Å². The second-order valence-electron chi connectivity index (χ2n) is 6.58. The number of rotatable bonds is 4. The minimum Gasteiger partial charge on any atom is -0.464 e. The number of nitrogens with zero attached hydrogens (tertiary/aromatic N) is 3. The van der Waals surface area contributed by atoms with Crippen molar-refractivity contribution in [3.05, 3.63) is 51.8 Å². The van der Waals surface area contributed by atoms with Gasteiger partial charge in [0.1, 0.15) is 18.1 Å². The maximum absolute atomic E-state index is 12.9. The summed E-state index contributed by atoms with van der Waals surface area (Å²) in [6.07, 6.45) is 4.87. The van der Waals surface area contributed by atoms with E-state index in [9.17, 15) is 9.59 Å². The van der Waals surface area contributed by atoms with Crippen molar-refractivity contribution in [1.82, 2.24) is 14.7 Å². The summed E-state index contributed by atoms with van der Waals surface area (Å²) in [5.41, 5.74) is 0.468. The first-order valence-electron chi connectivity index (χ1n) is 9.01. The third-order valence-electron chi connectivity index (χ3n) is 4.72. The van der Waals surface area contributed by atoms with Gasteiger partial charge in [-0.3, -0.25) is 9.59 Å². The summed E-state index contributed by atoms with van der Waals surface area (Å²) < 4.78 is 7.17. The maximum atomic E-state index is 12.9. The fourth-order valence-electron chi connectivity index (χ4n) is 3.35. The monoisotopic (exact) mass is 343 g/mol. The van der Waals surface area contributed by atoms with Crippen LogP contribution in [0.5, 0.6) is 0 Å². The van der Waals surface area contributed by atoms with E-state index in [4.69, 9.17) is 4.42 Å². The van der Waals surface area contributed by atoms with Crippen molar-refractivity contribution in [3.8, 4) is 0 Å². The van der Waals surface area contributed by atoms with Crippen molar-refractivity contribution in [2.75, 3.05) is 6.54 Å². The topological polar surface area (TPSA) is 68.3 Å². The van der Waals surface area contributed by atoms with Crippen molar-refractivity contribution < 1.29 is 9.21 Å². The van der Waals surface area contributed by atoms with Crippen molar-refractivity contribution in [3.63, 3.8) is 0 Å². The molecule has 2 aromatic rings. The zero-order chi connectivity index (χ0) is 17.8. The Morgan fingerprint density at radius 3 is 2.84 bits per heavy atom. The second-order valence-corrected chi connectivity index (χ2v) is 6.58. The Hall–Kier alpha value is -2.37. The molecule has 0 aromatic carbocycles. The van der Waals surface area contributed by atoms with Gasteiger partial charge in [-0.2, -0.15) is 5.10 Å². The van der Waals surface area contributed by atoms with Crippen molar-refractivity contribution in [1.29, 1.82) is 0 Å². The fraction of sp³-hybridized carbons (Fsp3) is 0.526. The van der Waals surface area contributed by atoms with E-state index in [2.05, 4.69) is 12.0 Å². The van der Waals surface area contributed by atoms with Crippen LogP contribution in [0.2, 0.25) is 0 Å². The summed E-state index contributed by atoms with van der Waals surface area (Å²) in [7, 11) is 0. The first-order chi connectivity index (χ1) is 12.1.